The van der Waals surface area contributed by atoms with Gasteiger partial charge in [0.05, 0.1) is 18.3 Å². The number of ether oxygens (including phenoxy) is 1. The van der Waals surface area contributed by atoms with Gasteiger partial charge in [-0.25, -0.2) is 0 Å². The lowest BCUT2D eigenvalue weighted by Crippen LogP contribution is -2.14. The van der Waals surface area contributed by atoms with E-state index in [0.29, 0.717) is 6.04 Å². The first kappa shape index (κ1) is 12.0. The molecular formula is C16H19N3O. The van der Waals surface area contributed by atoms with Gasteiger partial charge in [0.1, 0.15) is 5.75 Å². The monoisotopic (exact) mass is 269 g/mol. The molecule has 0 amide bonds. The molecule has 1 aromatic heterocycles. The molecule has 3 heterocycles. The zero-order valence-corrected chi connectivity index (χ0v) is 11.7. The average Bonchev–Trinajstić information content (AvgIpc) is 3.17. The van der Waals surface area contributed by atoms with Crippen LogP contribution in [0, 0.1) is 6.92 Å². The van der Waals surface area contributed by atoms with Crippen molar-refractivity contribution in [1.29, 1.82) is 0 Å². The fraction of sp³-hybridized carbons (Fsp3) is 0.438. The number of fused-ring (bicyclic) bond motifs is 1. The Labute approximate surface area is 118 Å². The summed E-state index contributed by atoms with van der Waals surface area (Å²) in [5, 5.41) is 11.2. The van der Waals surface area contributed by atoms with Crippen LogP contribution < -0.4 is 10.1 Å². The minimum Gasteiger partial charge on any atom is -0.493 e. The van der Waals surface area contributed by atoms with E-state index in [1.165, 1.54) is 35.2 Å². The predicted octanol–water partition coefficient (Wildman–Crippen LogP) is 2.74. The van der Waals surface area contributed by atoms with E-state index in [1.807, 2.05) is 0 Å². The Morgan fingerprint density at radius 3 is 3.15 bits per heavy atom. The zero-order valence-electron chi connectivity index (χ0n) is 11.7. The van der Waals surface area contributed by atoms with Gasteiger partial charge in [-0.05, 0) is 49.6 Å². The highest BCUT2D eigenvalue weighted by atomic mass is 16.5. The SMILES string of the molecule is Cc1[nH]nc(C2CCCN2)c1-c1ccc2c(c1)CCO2. The van der Waals surface area contributed by atoms with Crippen LogP contribution in [0.5, 0.6) is 5.75 Å². The third-order valence-corrected chi connectivity index (χ3v) is 4.34. The van der Waals surface area contributed by atoms with Gasteiger partial charge in [0.2, 0.25) is 0 Å². The number of benzene rings is 1. The summed E-state index contributed by atoms with van der Waals surface area (Å²) >= 11 is 0. The van der Waals surface area contributed by atoms with Gasteiger partial charge in [0.15, 0.2) is 0 Å². The molecule has 4 heteroatoms. The number of aromatic amines is 1. The highest BCUT2D eigenvalue weighted by molar-refractivity contribution is 5.71. The molecule has 1 unspecified atom stereocenters. The Bertz CT molecular complexity index is 641. The molecule has 0 aliphatic carbocycles. The molecule has 1 aromatic carbocycles. The fourth-order valence-electron chi connectivity index (χ4n) is 3.32. The first-order valence-corrected chi connectivity index (χ1v) is 7.37. The maximum absolute atomic E-state index is 5.60. The molecule has 4 nitrogen and oxygen atoms in total. The summed E-state index contributed by atoms with van der Waals surface area (Å²) in [6.45, 7) is 4.00. The Morgan fingerprint density at radius 1 is 1.35 bits per heavy atom. The number of aromatic nitrogens is 2. The van der Waals surface area contributed by atoms with Crippen molar-refractivity contribution in [2.45, 2.75) is 32.2 Å². The van der Waals surface area contributed by atoms with Crippen LogP contribution in [0.3, 0.4) is 0 Å². The molecule has 1 atom stereocenters. The van der Waals surface area contributed by atoms with Gasteiger partial charge >= 0.3 is 0 Å². The van der Waals surface area contributed by atoms with Crippen LogP contribution in [-0.2, 0) is 6.42 Å². The van der Waals surface area contributed by atoms with E-state index in [1.54, 1.807) is 0 Å². The van der Waals surface area contributed by atoms with Gasteiger partial charge in [-0.2, -0.15) is 5.10 Å². The Kier molecular flexibility index (Phi) is 2.77. The number of aryl methyl sites for hydroxylation is 1. The van der Waals surface area contributed by atoms with Crippen molar-refractivity contribution in [2.24, 2.45) is 0 Å². The molecule has 0 spiro atoms. The number of H-pyrrole nitrogens is 1. The topological polar surface area (TPSA) is 49.9 Å². The average molecular weight is 269 g/mol. The number of hydrogen-bond acceptors (Lipinski definition) is 3. The molecule has 0 saturated carbocycles. The van der Waals surface area contributed by atoms with Gasteiger partial charge in [0.25, 0.3) is 0 Å². The normalized spacial score (nSPS) is 20.9. The van der Waals surface area contributed by atoms with Crippen LogP contribution in [0.2, 0.25) is 0 Å². The van der Waals surface area contributed by atoms with Gasteiger partial charge < -0.3 is 10.1 Å². The second-order valence-electron chi connectivity index (χ2n) is 5.68. The van der Waals surface area contributed by atoms with E-state index in [0.717, 1.165) is 31.0 Å². The second-order valence-corrected chi connectivity index (χ2v) is 5.68. The number of hydrogen-bond donors (Lipinski definition) is 2. The van der Waals surface area contributed by atoms with Crippen molar-refractivity contribution in [3.05, 3.63) is 35.2 Å². The third kappa shape index (κ3) is 1.83. The molecule has 2 N–H and O–H groups in total. The Balaban J connectivity index is 1.79. The summed E-state index contributed by atoms with van der Waals surface area (Å²) in [7, 11) is 0. The quantitative estimate of drug-likeness (QED) is 0.881. The van der Waals surface area contributed by atoms with E-state index in [-0.39, 0.29) is 0 Å². The van der Waals surface area contributed by atoms with E-state index in [2.05, 4.69) is 40.6 Å². The van der Waals surface area contributed by atoms with E-state index in [9.17, 15) is 0 Å². The van der Waals surface area contributed by atoms with Crippen LogP contribution in [0.4, 0.5) is 0 Å². The molecule has 104 valence electrons. The van der Waals surface area contributed by atoms with Gasteiger partial charge in [-0.15, -0.1) is 0 Å². The lowest BCUT2D eigenvalue weighted by atomic mass is 9.97. The lowest BCUT2D eigenvalue weighted by molar-refractivity contribution is 0.357. The van der Waals surface area contributed by atoms with Crippen molar-refractivity contribution in [2.75, 3.05) is 13.2 Å². The van der Waals surface area contributed by atoms with Gasteiger partial charge in [-0.1, -0.05) is 6.07 Å². The van der Waals surface area contributed by atoms with E-state index < -0.39 is 0 Å². The molecule has 20 heavy (non-hydrogen) atoms. The summed E-state index contributed by atoms with van der Waals surface area (Å²) < 4.78 is 5.60. The first-order valence-electron chi connectivity index (χ1n) is 7.37. The van der Waals surface area contributed by atoms with Crippen LogP contribution in [-0.4, -0.2) is 23.3 Å². The fourth-order valence-corrected chi connectivity index (χ4v) is 3.32. The van der Waals surface area contributed by atoms with Gasteiger partial charge in [0, 0.05) is 17.7 Å². The third-order valence-electron chi connectivity index (χ3n) is 4.34. The van der Waals surface area contributed by atoms with Crippen molar-refractivity contribution in [3.8, 4) is 16.9 Å². The Morgan fingerprint density at radius 2 is 2.30 bits per heavy atom. The van der Waals surface area contributed by atoms with E-state index in [4.69, 9.17) is 4.74 Å². The van der Waals surface area contributed by atoms with Crippen LogP contribution in [0.25, 0.3) is 11.1 Å². The molecule has 2 aliphatic heterocycles. The lowest BCUT2D eigenvalue weighted by Gasteiger charge is -2.11. The summed E-state index contributed by atoms with van der Waals surface area (Å²) in [6, 6.07) is 6.90. The maximum atomic E-state index is 5.60. The van der Waals surface area contributed by atoms with Crippen LogP contribution >= 0.6 is 0 Å². The second kappa shape index (κ2) is 4.63. The summed E-state index contributed by atoms with van der Waals surface area (Å²) in [4.78, 5) is 0. The van der Waals surface area contributed by atoms with Crippen LogP contribution in [0.15, 0.2) is 18.2 Å². The van der Waals surface area contributed by atoms with Crippen molar-refractivity contribution in [3.63, 3.8) is 0 Å². The standard InChI is InChI=1S/C16H19N3O/c1-10-15(16(19-18-10)13-3-2-7-17-13)12-4-5-14-11(9-12)6-8-20-14/h4-5,9,13,17H,2-3,6-8H2,1H3,(H,18,19). The molecular weight excluding hydrogens is 250 g/mol. The zero-order chi connectivity index (χ0) is 13.5. The van der Waals surface area contributed by atoms with Crippen LogP contribution in [0.1, 0.15) is 35.8 Å². The van der Waals surface area contributed by atoms with Crippen molar-refractivity contribution < 1.29 is 4.74 Å². The Hall–Kier alpha value is -1.81. The molecule has 2 aromatic rings. The highest BCUT2D eigenvalue weighted by Gasteiger charge is 2.24. The van der Waals surface area contributed by atoms with Crippen molar-refractivity contribution in [1.82, 2.24) is 15.5 Å². The number of rotatable bonds is 2. The summed E-state index contributed by atoms with van der Waals surface area (Å²) in [5.41, 5.74) is 6.14. The number of nitrogens with zero attached hydrogens (tertiary/aromatic N) is 1. The predicted molar refractivity (Wildman–Crippen MR) is 77.9 cm³/mol. The molecule has 2 aliphatic rings. The van der Waals surface area contributed by atoms with E-state index >= 15 is 0 Å². The highest BCUT2D eigenvalue weighted by Crippen LogP contribution is 2.36. The maximum Gasteiger partial charge on any atom is 0.122 e. The minimum atomic E-state index is 0.388. The summed E-state index contributed by atoms with van der Waals surface area (Å²) in [5.74, 6) is 1.04. The molecule has 4 rings (SSSR count). The van der Waals surface area contributed by atoms with Crippen molar-refractivity contribution >= 4 is 0 Å². The molecule has 1 saturated heterocycles. The first-order chi connectivity index (χ1) is 9.83. The number of nitrogens with one attached hydrogen (secondary N) is 2. The largest absolute Gasteiger partial charge is 0.493 e. The molecule has 1 fully saturated rings. The minimum absolute atomic E-state index is 0.388. The summed E-state index contributed by atoms with van der Waals surface area (Å²) in [6.07, 6.45) is 3.41. The molecule has 0 radical (unpaired) electrons. The molecule has 0 bridgehead atoms. The smallest absolute Gasteiger partial charge is 0.122 e. The van der Waals surface area contributed by atoms with Gasteiger partial charge in [-0.3, -0.25) is 5.10 Å².